The SMILES string of the molecule is CC(C)(C)OC(=O)NCC#Cc1cc(C=O)ccc1O. The first-order chi connectivity index (χ1) is 9.31. The lowest BCUT2D eigenvalue weighted by Gasteiger charge is -2.19. The Morgan fingerprint density at radius 1 is 1.45 bits per heavy atom. The second kappa shape index (κ2) is 6.62. The number of amides is 1. The van der Waals surface area contributed by atoms with Gasteiger partial charge in [0.25, 0.3) is 0 Å². The highest BCUT2D eigenvalue weighted by Gasteiger charge is 2.14. The summed E-state index contributed by atoms with van der Waals surface area (Å²) in [5.74, 6) is 5.34. The third-order valence-corrected chi connectivity index (χ3v) is 2.10. The fourth-order valence-corrected chi connectivity index (χ4v) is 1.30. The van der Waals surface area contributed by atoms with Crippen LogP contribution in [0, 0.1) is 11.8 Å². The minimum atomic E-state index is -0.561. The first-order valence-electron chi connectivity index (χ1n) is 6.06. The van der Waals surface area contributed by atoms with Gasteiger partial charge in [0.1, 0.15) is 17.6 Å². The molecule has 0 aliphatic rings. The number of aldehydes is 1. The molecule has 0 atom stereocenters. The van der Waals surface area contributed by atoms with Gasteiger partial charge >= 0.3 is 6.09 Å². The van der Waals surface area contributed by atoms with Gasteiger partial charge in [-0.1, -0.05) is 11.8 Å². The van der Waals surface area contributed by atoms with Crippen LogP contribution in [0.15, 0.2) is 18.2 Å². The fraction of sp³-hybridized carbons (Fsp3) is 0.333. The van der Waals surface area contributed by atoms with Crippen LogP contribution in [0.3, 0.4) is 0 Å². The van der Waals surface area contributed by atoms with Gasteiger partial charge in [0, 0.05) is 5.56 Å². The zero-order valence-corrected chi connectivity index (χ0v) is 11.7. The molecule has 1 aromatic rings. The predicted molar refractivity (Wildman–Crippen MR) is 74.6 cm³/mol. The highest BCUT2D eigenvalue weighted by Crippen LogP contribution is 2.16. The smallest absolute Gasteiger partial charge is 0.408 e. The molecule has 5 nitrogen and oxygen atoms in total. The van der Waals surface area contributed by atoms with E-state index in [4.69, 9.17) is 4.74 Å². The zero-order chi connectivity index (χ0) is 15.2. The number of carbonyl (C=O) groups is 2. The predicted octanol–water partition coefficient (Wildman–Crippen LogP) is 2.08. The largest absolute Gasteiger partial charge is 0.507 e. The molecule has 0 heterocycles. The molecule has 1 rings (SSSR count). The van der Waals surface area contributed by atoms with Gasteiger partial charge in [0.05, 0.1) is 12.1 Å². The van der Waals surface area contributed by atoms with Crippen molar-refractivity contribution < 1.29 is 19.4 Å². The average molecular weight is 275 g/mol. The van der Waals surface area contributed by atoms with Crippen LogP contribution in [0.1, 0.15) is 36.7 Å². The van der Waals surface area contributed by atoms with Gasteiger partial charge in [-0.2, -0.15) is 0 Å². The van der Waals surface area contributed by atoms with Gasteiger partial charge in [0.15, 0.2) is 0 Å². The Morgan fingerprint density at radius 2 is 2.15 bits per heavy atom. The second-order valence-electron chi connectivity index (χ2n) is 5.05. The van der Waals surface area contributed by atoms with E-state index in [0.717, 1.165) is 0 Å². The molecule has 20 heavy (non-hydrogen) atoms. The van der Waals surface area contributed by atoms with E-state index in [1.807, 2.05) is 0 Å². The van der Waals surface area contributed by atoms with Gasteiger partial charge in [-0.25, -0.2) is 4.79 Å². The molecule has 5 heteroatoms. The molecular formula is C15H17NO4. The maximum Gasteiger partial charge on any atom is 0.408 e. The molecule has 0 fully saturated rings. The van der Waals surface area contributed by atoms with Crippen LogP contribution in [-0.2, 0) is 4.74 Å². The van der Waals surface area contributed by atoms with Crippen molar-refractivity contribution in [2.24, 2.45) is 0 Å². The van der Waals surface area contributed by atoms with Gasteiger partial charge in [-0.15, -0.1) is 0 Å². The summed E-state index contributed by atoms with van der Waals surface area (Å²) < 4.78 is 5.04. The Labute approximate surface area is 117 Å². The molecule has 0 aliphatic carbocycles. The number of aromatic hydroxyl groups is 1. The molecule has 0 saturated heterocycles. The number of hydrogen-bond donors (Lipinski definition) is 2. The molecule has 1 aromatic carbocycles. The topological polar surface area (TPSA) is 75.6 Å². The van der Waals surface area contributed by atoms with Crippen molar-refractivity contribution in [1.29, 1.82) is 0 Å². The summed E-state index contributed by atoms with van der Waals surface area (Å²) in [6.07, 6.45) is 0.112. The number of nitrogens with one attached hydrogen (secondary N) is 1. The lowest BCUT2D eigenvalue weighted by molar-refractivity contribution is 0.0535. The molecule has 0 bridgehead atoms. The van der Waals surface area contributed by atoms with Crippen molar-refractivity contribution in [3.05, 3.63) is 29.3 Å². The molecule has 106 valence electrons. The number of phenols is 1. The normalized spacial score (nSPS) is 10.2. The summed E-state index contributed by atoms with van der Waals surface area (Å²) in [6, 6.07) is 4.37. The van der Waals surface area contributed by atoms with Crippen molar-refractivity contribution in [2.75, 3.05) is 6.54 Å². The number of hydrogen-bond acceptors (Lipinski definition) is 4. The summed E-state index contributed by atoms with van der Waals surface area (Å²) in [5.41, 5.74) is 0.196. The highest BCUT2D eigenvalue weighted by atomic mass is 16.6. The van der Waals surface area contributed by atoms with Gasteiger partial charge < -0.3 is 15.2 Å². The minimum Gasteiger partial charge on any atom is -0.507 e. The number of rotatable bonds is 2. The summed E-state index contributed by atoms with van der Waals surface area (Å²) in [6.45, 7) is 5.38. The van der Waals surface area contributed by atoms with Crippen LogP contribution < -0.4 is 5.32 Å². The quantitative estimate of drug-likeness (QED) is 0.640. The van der Waals surface area contributed by atoms with Gasteiger partial charge in [-0.3, -0.25) is 4.79 Å². The van der Waals surface area contributed by atoms with Crippen LogP contribution in [0.4, 0.5) is 4.79 Å². The highest BCUT2D eigenvalue weighted by molar-refractivity contribution is 5.76. The van der Waals surface area contributed by atoms with E-state index in [0.29, 0.717) is 17.4 Å². The number of phenolic OH excluding ortho intramolecular Hbond substituents is 1. The van der Waals surface area contributed by atoms with Crippen molar-refractivity contribution in [3.8, 4) is 17.6 Å². The molecule has 0 aromatic heterocycles. The van der Waals surface area contributed by atoms with E-state index in [9.17, 15) is 14.7 Å². The summed E-state index contributed by atoms with van der Waals surface area (Å²) in [7, 11) is 0. The summed E-state index contributed by atoms with van der Waals surface area (Å²) in [5, 5.41) is 12.0. The first-order valence-corrected chi connectivity index (χ1v) is 6.06. The maximum atomic E-state index is 11.3. The van der Waals surface area contributed by atoms with Crippen LogP contribution >= 0.6 is 0 Å². The van der Waals surface area contributed by atoms with Crippen molar-refractivity contribution in [3.63, 3.8) is 0 Å². The Kier molecular flexibility index (Phi) is 5.15. The number of benzene rings is 1. The minimum absolute atomic E-state index is 0.0135. The van der Waals surface area contributed by atoms with Crippen LogP contribution in [0.2, 0.25) is 0 Å². The Hall–Kier alpha value is -2.48. The molecule has 0 aliphatic heterocycles. The van der Waals surface area contributed by atoms with E-state index in [-0.39, 0.29) is 12.3 Å². The third kappa shape index (κ3) is 5.44. The van der Waals surface area contributed by atoms with Crippen LogP contribution in [0.25, 0.3) is 0 Å². The van der Waals surface area contributed by atoms with Crippen molar-refractivity contribution >= 4 is 12.4 Å². The van der Waals surface area contributed by atoms with Gasteiger partial charge in [0.2, 0.25) is 0 Å². The Balaban J connectivity index is 2.59. The van der Waals surface area contributed by atoms with E-state index >= 15 is 0 Å². The molecule has 2 N–H and O–H groups in total. The molecule has 0 saturated carbocycles. The summed E-state index contributed by atoms with van der Waals surface area (Å²) in [4.78, 5) is 22.0. The van der Waals surface area contributed by atoms with Gasteiger partial charge in [-0.05, 0) is 39.0 Å². The lowest BCUT2D eigenvalue weighted by atomic mass is 10.1. The average Bonchev–Trinajstić information content (AvgIpc) is 2.34. The standard InChI is InChI=1S/C15H17NO4/c1-15(2,3)20-14(19)16-8-4-5-12-9-11(10-17)6-7-13(12)18/h6-7,9-10,18H,8H2,1-3H3,(H,16,19). The monoisotopic (exact) mass is 275 g/mol. The third-order valence-electron chi connectivity index (χ3n) is 2.10. The Bertz CT molecular complexity index is 561. The van der Waals surface area contributed by atoms with E-state index in [2.05, 4.69) is 17.2 Å². The molecule has 0 unspecified atom stereocenters. The summed E-state index contributed by atoms with van der Waals surface area (Å²) >= 11 is 0. The maximum absolute atomic E-state index is 11.3. The number of ether oxygens (including phenoxy) is 1. The lowest BCUT2D eigenvalue weighted by Crippen LogP contribution is -2.32. The zero-order valence-electron chi connectivity index (χ0n) is 11.7. The number of alkyl carbamates (subject to hydrolysis) is 1. The van der Waals surface area contributed by atoms with E-state index < -0.39 is 11.7 Å². The molecule has 0 spiro atoms. The van der Waals surface area contributed by atoms with E-state index in [1.54, 1.807) is 20.8 Å². The Morgan fingerprint density at radius 3 is 2.75 bits per heavy atom. The molecule has 1 amide bonds. The van der Waals surface area contributed by atoms with Crippen molar-refractivity contribution in [1.82, 2.24) is 5.32 Å². The van der Waals surface area contributed by atoms with Crippen molar-refractivity contribution in [2.45, 2.75) is 26.4 Å². The van der Waals surface area contributed by atoms with E-state index in [1.165, 1.54) is 18.2 Å². The fourth-order valence-electron chi connectivity index (χ4n) is 1.30. The second-order valence-corrected chi connectivity index (χ2v) is 5.05. The first kappa shape index (κ1) is 15.6. The molecular weight excluding hydrogens is 258 g/mol. The van der Waals surface area contributed by atoms with Crippen LogP contribution in [0.5, 0.6) is 5.75 Å². The molecule has 0 radical (unpaired) electrons. The number of carbonyl (C=O) groups excluding carboxylic acids is 2. The van der Waals surface area contributed by atoms with Crippen LogP contribution in [-0.4, -0.2) is 29.6 Å².